The minimum Gasteiger partial charge on any atom is -0.330 e. The lowest BCUT2D eigenvalue weighted by Gasteiger charge is -2.05. The van der Waals surface area contributed by atoms with E-state index >= 15 is 0 Å². The van der Waals surface area contributed by atoms with Gasteiger partial charge in [-0.25, -0.2) is 0 Å². The fourth-order valence-corrected chi connectivity index (χ4v) is 0.979. The SMILES string of the molecule is NCCC#Cc1ccc(C(F)(F)F)cc1. The molecule has 1 aromatic carbocycles. The number of hydrogen-bond donors (Lipinski definition) is 1. The second kappa shape index (κ2) is 4.85. The van der Waals surface area contributed by atoms with Crippen molar-refractivity contribution in [3.8, 4) is 11.8 Å². The quantitative estimate of drug-likeness (QED) is 0.712. The average molecular weight is 213 g/mol. The van der Waals surface area contributed by atoms with Gasteiger partial charge < -0.3 is 5.73 Å². The van der Waals surface area contributed by atoms with Gasteiger partial charge >= 0.3 is 6.18 Å². The van der Waals surface area contributed by atoms with E-state index in [1.807, 2.05) is 0 Å². The van der Waals surface area contributed by atoms with Crippen molar-refractivity contribution in [3.05, 3.63) is 35.4 Å². The summed E-state index contributed by atoms with van der Waals surface area (Å²) in [5.74, 6) is 5.48. The lowest BCUT2D eigenvalue weighted by Crippen LogP contribution is -2.04. The van der Waals surface area contributed by atoms with E-state index in [-0.39, 0.29) is 0 Å². The Kier molecular flexibility index (Phi) is 3.75. The van der Waals surface area contributed by atoms with Crippen molar-refractivity contribution in [2.45, 2.75) is 12.6 Å². The molecule has 0 fully saturated rings. The maximum Gasteiger partial charge on any atom is 0.416 e. The van der Waals surface area contributed by atoms with Gasteiger partial charge in [-0.2, -0.15) is 13.2 Å². The highest BCUT2D eigenvalue weighted by Gasteiger charge is 2.29. The molecule has 0 radical (unpaired) electrons. The summed E-state index contributed by atoms with van der Waals surface area (Å²) in [5.41, 5.74) is 5.13. The molecule has 0 aliphatic carbocycles. The Labute approximate surface area is 86.1 Å². The molecule has 0 saturated carbocycles. The van der Waals surface area contributed by atoms with Crippen LogP contribution >= 0.6 is 0 Å². The van der Waals surface area contributed by atoms with Crippen LogP contribution in [0.3, 0.4) is 0 Å². The second-order valence-electron chi connectivity index (χ2n) is 2.92. The van der Waals surface area contributed by atoms with Gasteiger partial charge in [-0.15, -0.1) is 0 Å². The van der Waals surface area contributed by atoms with Crippen LogP contribution in [0, 0.1) is 11.8 Å². The van der Waals surface area contributed by atoms with E-state index in [0.717, 1.165) is 12.1 Å². The summed E-state index contributed by atoms with van der Waals surface area (Å²) < 4.78 is 36.5. The van der Waals surface area contributed by atoms with Crippen molar-refractivity contribution in [3.63, 3.8) is 0 Å². The fourth-order valence-electron chi connectivity index (χ4n) is 0.979. The Morgan fingerprint density at radius 2 is 1.73 bits per heavy atom. The Hall–Kier alpha value is -1.47. The molecule has 0 bridgehead atoms. The molecule has 1 rings (SSSR count). The van der Waals surface area contributed by atoms with Gasteiger partial charge in [-0.05, 0) is 24.3 Å². The molecule has 0 saturated heterocycles. The summed E-state index contributed by atoms with van der Waals surface area (Å²) in [6.07, 6.45) is -3.75. The molecule has 0 aliphatic rings. The first kappa shape index (κ1) is 11.6. The van der Waals surface area contributed by atoms with Crippen molar-refractivity contribution in [2.24, 2.45) is 5.73 Å². The highest BCUT2D eigenvalue weighted by molar-refractivity contribution is 5.36. The first-order valence-electron chi connectivity index (χ1n) is 4.40. The van der Waals surface area contributed by atoms with E-state index in [0.29, 0.717) is 18.5 Å². The lowest BCUT2D eigenvalue weighted by molar-refractivity contribution is -0.137. The maximum absolute atomic E-state index is 12.2. The Morgan fingerprint density at radius 1 is 1.13 bits per heavy atom. The zero-order chi connectivity index (χ0) is 11.3. The summed E-state index contributed by atoms with van der Waals surface area (Å²) in [4.78, 5) is 0. The van der Waals surface area contributed by atoms with Gasteiger partial charge in [0.25, 0.3) is 0 Å². The average Bonchev–Trinajstić information content (AvgIpc) is 2.18. The zero-order valence-electron chi connectivity index (χ0n) is 7.93. The van der Waals surface area contributed by atoms with Gasteiger partial charge in [-0.1, -0.05) is 11.8 Å². The standard InChI is InChI=1S/C11H10F3N/c12-11(13,14)10-6-4-9(5-7-10)3-1-2-8-15/h4-7H,2,8,15H2. The van der Waals surface area contributed by atoms with Crippen molar-refractivity contribution in [1.29, 1.82) is 0 Å². The third kappa shape index (κ3) is 3.64. The Morgan fingerprint density at radius 3 is 2.20 bits per heavy atom. The number of nitrogens with two attached hydrogens (primary N) is 1. The van der Waals surface area contributed by atoms with Crippen molar-refractivity contribution >= 4 is 0 Å². The van der Waals surface area contributed by atoms with Crippen LogP contribution in [0.5, 0.6) is 0 Å². The van der Waals surface area contributed by atoms with Gasteiger partial charge in [-0.3, -0.25) is 0 Å². The normalized spacial score (nSPS) is 10.7. The molecule has 4 heteroatoms. The van der Waals surface area contributed by atoms with Crippen LogP contribution in [0.15, 0.2) is 24.3 Å². The van der Waals surface area contributed by atoms with Crippen molar-refractivity contribution < 1.29 is 13.2 Å². The number of alkyl halides is 3. The van der Waals surface area contributed by atoms with E-state index < -0.39 is 11.7 Å². The molecule has 0 atom stereocenters. The summed E-state index contributed by atoms with van der Waals surface area (Å²) in [5, 5.41) is 0. The Bertz CT molecular complexity index is 368. The fraction of sp³-hybridized carbons (Fsp3) is 0.273. The third-order valence-electron chi connectivity index (χ3n) is 1.71. The van der Waals surface area contributed by atoms with Crippen LogP contribution in [0.4, 0.5) is 13.2 Å². The summed E-state index contributed by atoms with van der Waals surface area (Å²) in [7, 11) is 0. The smallest absolute Gasteiger partial charge is 0.330 e. The topological polar surface area (TPSA) is 26.0 Å². The minimum absolute atomic E-state index is 0.452. The molecule has 0 spiro atoms. The van der Waals surface area contributed by atoms with Gasteiger partial charge in [0.1, 0.15) is 0 Å². The van der Waals surface area contributed by atoms with E-state index in [1.165, 1.54) is 12.1 Å². The van der Waals surface area contributed by atoms with Crippen LogP contribution in [0.25, 0.3) is 0 Å². The molecule has 0 unspecified atom stereocenters. The van der Waals surface area contributed by atoms with Gasteiger partial charge in [0, 0.05) is 18.5 Å². The third-order valence-corrected chi connectivity index (χ3v) is 1.71. The summed E-state index contributed by atoms with van der Waals surface area (Å²) in [6.45, 7) is 0.452. The largest absolute Gasteiger partial charge is 0.416 e. The van der Waals surface area contributed by atoms with Crippen LogP contribution in [0.2, 0.25) is 0 Å². The molecule has 0 aromatic heterocycles. The number of rotatable bonds is 1. The van der Waals surface area contributed by atoms with Crippen molar-refractivity contribution in [2.75, 3.05) is 6.54 Å². The Balaban J connectivity index is 2.79. The number of halogens is 3. The monoisotopic (exact) mass is 213 g/mol. The molecule has 1 aromatic rings. The van der Waals surface area contributed by atoms with E-state index in [9.17, 15) is 13.2 Å². The first-order chi connectivity index (χ1) is 7.04. The van der Waals surface area contributed by atoms with Crippen LogP contribution < -0.4 is 5.73 Å². The van der Waals surface area contributed by atoms with Gasteiger partial charge in [0.05, 0.1) is 5.56 Å². The predicted octanol–water partition coefficient (Wildman–Crippen LogP) is 2.41. The maximum atomic E-state index is 12.2. The predicted molar refractivity (Wildman–Crippen MR) is 52.0 cm³/mol. The molecular weight excluding hydrogens is 203 g/mol. The highest BCUT2D eigenvalue weighted by Crippen LogP contribution is 2.28. The molecule has 15 heavy (non-hydrogen) atoms. The number of hydrogen-bond acceptors (Lipinski definition) is 1. The molecule has 0 amide bonds. The highest BCUT2D eigenvalue weighted by atomic mass is 19.4. The van der Waals surface area contributed by atoms with Crippen molar-refractivity contribution in [1.82, 2.24) is 0 Å². The molecule has 1 nitrogen and oxygen atoms in total. The van der Waals surface area contributed by atoms with Gasteiger partial charge in [0.2, 0.25) is 0 Å². The number of benzene rings is 1. The first-order valence-corrected chi connectivity index (χ1v) is 4.40. The molecule has 0 heterocycles. The summed E-state index contributed by atoms with van der Waals surface area (Å²) in [6, 6.07) is 4.75. The lowest BCUT2D eigenvalue weighted by atomic mass is 10.1. The van der Waals surface area contributed by atoms with E-state index in [2.05, 4.69) is 11.8 Å². The molecule has 0 aliphatic heterocycles. The van der Waals surface area contributed by atoms with E-state index in [4.69, 9.17) is 5.73 Å². The van der Waals surface area contributed by atoms with Crippen LogP contribution in [0.1, 0.15) is 17.5 Å². The molecule has 2 N–H and O–H groups in total. The van der Waals surface area contributed by atoms with Gasteiger partial charge in [0.15, 0.2) is 0 Å². The molecule has 80 valence electrons. The van der Waals surface area contributed by atoms with Crippen LogP contribution in [-0.2, 0) is 6.18 Å². The zero-order valence-corrected chi connectivity index (χ0v) is 7.93. The van der Waals surface area contributed by atoms with E-state index in [1.54, 1.807) is 0 Å². The van der Waals surface area contributed by atoms with Crippen LogP contribution in [-0.4, -0.2) is 6.54 Å². The molecular formula is C11H10F3N. The summed E-state index contributed by atoms with van der Waals surface area (Å²) >= 11 is 0. The second-order valence-corrected chi connectivity index (χ2v) is 2.92. The minimum atomic E-state index is -4.29.